The van der Waals surface area contributed by atoms with E-state index in [2.05, 4.69) is 58.3 Å². The van der Waals surface area contributed by atoms with Gasteiger partial charge in [0.05, 0.1) is 11.0 Å². The minimum absolute atomic E-state index is 0.115. The van der Waals surface area contributed by atoms with Crippen LogP contribution in [0, 0.1) is 0 Å². The fourth-order valence-electron chi connectivity index (χ4n) is 3.16. The molecule has 0 amide bonds. The van der Waals surface area contributed by atoms with Crippen molar-refractivity contribution in [3.8, 4) is 0 Å². The van der Waals surface area contributed by atoms with E-state index in [0.29, 0.717) is 13.3 Å². The Hall–Kier alpha value is -0.733. The van der Waals surface area contributed by atoms with Gasteiger partial charge in [0.2, 0.25) is 0 Å². The Morgan fingerprint density at radius 2 is 2.15 bits per heavy atom. The number of hydrogen-bond acceptors (Lipinski definition) is 4. The number of fused-ring (bicyclic) bond motifs is 1. The Labute approximate surface area is 171 Å². The van der Waals surface area contributed by atoms with Gasteiger partial charge < -0.3 is 18.8 Å². The first-order valence-electron chi connectivity index (χ1n) is 9.82. The van der Waals surface area contributed by atoms with E-state index in [1.54, 1.807) is 0 Å². The van der Waals surface area contributed by atoms with Gasteiger partial charge in [-0.1, -0.05) is 47.7 Å². The fraction of sp³-hybridized carbons (Fsp3) is 0.650. The fourth-order valence-corrected chi connectivity index (χ4v) is 4.37. The minimum atomic E-state index is -1.10. The molecule has 1 atom stereocenters. The lowest BCUT2D eigenvalue weighted by atomic mass is 10.2. The molecule has 1 fully saturated rings. The van der Waals surface area contributed by atoms with Crippen LogP contribution in [0.25, 0.3) is 11.0 Å². The first-order chi connectivity index (χ1) is 13.0. The lowest BCUT2D eigenvalue weighted by molar-refractivity contribution is -0.170. The van der Waals surface area contributed by atoms with Crippen molar-refractivity contribution in [1.82, 2.24) is 9.55 Å². The van der Waals surface area contributed by atoms with Crippen LogP contribution in [0.4, 0.5) is 0 Å². The van der Waals surface area contributed by atoms with Crippen molar-refractivity contribution < 1.29 is 14.2 Å². The molecule has 0 aliphatic carbocycles. The zero-order valence-corrected chi connectivity index (χ0v) is 19.3. The summed E-state index contributed by atoms with van der Waals surface area (Å²) in [6.07, 6.45) is 3.13. The Balaban J connectivity index is 1.75. The number of benzene rings is 1. The molecule has 150 valence electrons. The van der Waals surface area contributed by atoms with E-state index >= 15 is 0 Å². The second-order valence-corrected chi connectivity index (χ2v) is 14.5. The van der Waals surface area contributed by atoms with Crippen LogP contribution in [0.5, 0.6) is 0 Å². The van der Waals surface area contributed by atoms with Crippen molar-refractivity contribution >= 4 is 35.0 Å². The summed E-state index contributed by atoms with van der Waals surface area (Å²) >= 11 is 3.57. The molecular weight excluding hydrogens is 424 g/mol. The summed E-state index contributed by atoms with van der Waals surface area (Å²) in [6, 6.07) is 7.45. The maximum atomic E-state index is 6.03. The molecule has 0 spiro atoms. The largest absolute Gasteiger partial charge is 0.361 e. The molecule has 3 rings (SSSR count). The number of nitrogens with zero attached hydrogens (tertiary/aromatic N) is 2. The quantitative estimate of drug-likeness (QED) is 0.293. The Kier molecular flexibility index (Phi) is 7.50. The highest BCUT2D eigenvalue weighted by Gasteiger charge is 2.18. The zero-order valence-electron chi connectivity index (χ0n) is 16.7. The number of para-hydroxylation sites is 1. The molecule has 2 aromatic rings. The molecule has 0 saturated carbocycles. The summed E-state index contributed by atoms with van der Waals surface area (Å²) in [5.74, 6) is 0.903. The summed E-state index contributed by atoms with van der Waals surface area (Å²) in [6.45, 7) is 9.64. The molecule has 1 unspecified atom stereocenters. The van der Waals surface area contributed by atoms with Crippen LogP contribution in [-0.4, -0.2) is 37.1 Å². The summed E-state index contributed by atoms with van der Waals surface area (Å²) < 4.78 is 19.9. The SMILES string of the molecule is C[Si](C)(C)CCOCn1c(COC2CCCCO2)nc2c(CBr)cccc21. The van der Waals surface area contributed by atoms with Crippen LogP contribution in [0.15, 0.2) is 18.2 Å². The van der Waals surface area contributed by atoms with E-state index in [9.17, 15) is 0 Å². The zero-order chi connectivity index (χ0) is 19.3. The molecule has 1 aromatic carbocycles. The van der Waals surface area contributed by atoms with E-state index in [1.165, 1.54) is 5.56 Å². The highest BCUT2D eigenvalue weighted by Crippen LogP contribution is 2.24. The van der Waals surface area contributed by atoms with Crippen LogP contribution < -0.4 is 0 Å². The van der Waals surface area contributed by atoms with Crippen LogP contribution in [0.1, 0.15) is 30.7 Å². The highest BCUT2D eigenvalue weighted by atomic mass is 79.9. The predicted octanol–water partition coefficient (Wildman–Crippen LogP) is 5.29. The van der Waals surface area contributed by atoms with E-state index in [-0.39, 0.29) is 6.29 Å². The Morgan fingerprint density at radius 1 is 1.30 bits per heavy atom. The van der Waals surface area contributed by atoms with E-state index < -0.39 is 8.07 Å². The van der Waals surface area contributed by atoms with Gasteiger partial charge in [0.15, 0.2) is 6.29 Å². The molecule has 1 aliphatic heterocycles. The maximum absolute atomic E-state index is 6.03. The molecule has 7 heteroatoms. The maximum Gasteiger partial charge on any atom is 0.158 e. The van der Waals surface area contributed by atoms with Gasteiger partial charge in [0.1, 0.15) is 19.2 Å². The second-order valence-electron chi connectivity index (χ2n) is 8.33. The van der Waals surface area contributed by atoms with Crippen molar-refractivity contribution in [2.45, 2.75) is 69.9 Å². The highest BCUT2D eigenvalue weighted by molar-refractivity contribution is 9.08. The average molecular weight is 455 g/mol. The van der Waals surface area contributed by atoms with Gasteiger partial charge in [-0.25, -0.2) is 4.98 Å². The molecular formula is C20H31BrN2O3Si. The van der Waals surface area contributed by atoms with Gasteiger partial charge in [-0.3, -0.25) is 0 Å². The molecule has 0 bridgehead atoms. The molecule has 2 heterocycles. The first kappa shape index (κ1) is 21.0. The lowest BCUT2D eigenvalue weighted by Crippen LogP contribution is -2.23. The van der Waals surface area contributed by atoms with Crippen LogP contribution in [0.3, 0.4) is 0 Å². The first-order valence-corrected chi connectivity index (χ1v) is 14.6. The standard InChI is InChI=1S/C20H31BrN2O3Si/c1-27(2,3)12-11-24-15-23-17-8-6-7-16(13-21)20(17)22-18(23)14-26-19-9-4-5-10-25-19/h6-8,19H,4-5,9-15H2,1-3H3. The molecule has 0 N–H and O–H groups in total. The Bertz CT molecular complexity index is 739. The number of rotatable bonds is 9. The number of aromatic nitrogens is 2. The van der Waals surface area contributed by atoms with Crippen LogP contribution in [0.2, 0.25) is 25.7 Å². The third-order valence-corrected chi connectivity index (χ3v) is 7.15. The number of alkyl halides is 1. The van der Waals surface area contributed by atoms with E-state index in [1.807, 2.05) is 0 Å². The molecule has 27 heavy (non-hydrogen) atoms. The van der Waals surface area contributed by atoms with E-state index in [0.717, 1.165) is 60.7 Å². The van der Waals surface area contributed by atoms with Crippen LogP contribution in [-0.2, 0) is 32.9 Å². The summed E-state index contributed by atoms with van der Waals surface area (Å²) in [5.41, 5.74) is 3.30. The smallest absolute Gasteiger partial charge is 0.158 e. The van der Waals surface area contributed by atoms with Gasteiger partial charge in [-0.2, -0.15) is 0 Å². The molecule has 5 nitrogen and oxygen atoms in total. The summed E-state index contributed by atoms with van der Waals surface area (Å²) in [4.78, 5) is 4.88. The number of hydrogen-bond donors (Lipinski definition) is 0. The van der Waals surface area contributed by atoms with Crippen molar-refractivity contribution in [3.63, 3.8) is 0 Å². The van der Waals surface area contributed by atoms with E-state index in [4.69, 9.17) is 19.2 Å². The number of imidazole rings is 1. The topological polar surface area (TPSA) is 45.5 Å². The monoisotopic (exact) mass is 454 g/mol. The Morgan fingerprint density at radius 3 is 2.85 bits per heavy atom. The lowest BCUT2D eigenvalue weighted by Gasteiger charge is -2.22. The van der Waals surface area contributed by atoms with Crippen molar-refractivity contribution in [1.29, 1.82) is 0 Å². The summed E-state index contributed by atoms with van der Waals surface area (Å²) in [7, 11) is -1.10. The second kappa shape index (κ2) is 9.65. The predicted molar refractivity (Wildman–Crippen MR) is 115 cm³/mol. The van der Waals surface area contributed by atoms with Crippen molar-refractivity contribution in [3.05, 3.63) is 29.6 Å². The molecule has 1 saturated heterocycles. The third-order valence-electron chi connectivity index (χ3n) is 4.84. The number of ether oxygens (including phenoxy) is 3. The molecule has 1 aliphatic rings. The third kappa shape index (κ3) is 5.87. The number of halogens is 1. The minimum Gasteiger partial charge on any atom is -0.361 e. The van der Waals surface area contributed by atoms with Gasteiger partial charge in [-0.05, 0) is 36.9 Å². The van der Waals surface area contributed by atoms with Crippen LogP contribution >= 0.6 is 15.9 Å². The van der Waals surface area contributed by atoms with Crippen molar-refractivity contribution in [2.75, 3.05) is 13.2 Å². The average Bonchev–Trinajstić information content (AvgIpc) is 3.01. The summed E-state index contributed by atoms with van der Waals surface area (Å²) in [5, 5.41) is 0.782. The van der Waals surface area contributed by atoms with Gasteiger partial charge in [0, 0.05) is 26.6 Å². The van der Waals surface area contributed by atoms with Crippen molar-refractivity contribution in [2.24, 2.45) is 0 Å². The van der Waals surface area contributed by atoms with Gasteiger partial charge in [-0.15, -0.1) is 0 Å². The van der Waals surface area contributed by atoms with Gasteiger partial charge >= 0.3 is 0 Å². The normalized spacial score (nSPS) is 18.3. The molecule has 0 radical (unpaired) electrons. The molecule has 1 aromatic heterocycles. The van der Waals surface area contributed by atoms with Gasteiger partial charge in [0.25, 0.3) is 0 Å².